The zero-order chi connectivity index (χ0) is 16.9. The Kier molecular flexibility index (Phi) is 4.56. The van der Waals surface area contributed by atoms with Crippen LogP contribution in [0.1, 0.15) is 11.4 Å². The second kappa shape index (κ2) is 6.95. The zero-order valence-electron chi connectivity index (χ0n) is 13.2. The van der Waals surface area contributed by atoms with Crippen LogP contribution in [0.25, 0.3) is 10.9 Å². The van der Waals surface area contributed by atoms with E-state index < -0.39 is 6.09 Å². The molecular weight excluding hydrogens is 306 g/mol. The predicted molar refractivity (Wildman–Crippen MR) is 90.5 cm³/mol. The van der Waals surface area contributed by atoms with Crippen molar-refractivity contribution in [1.82, 2.24) is 14.9 Å². The Hall–Kier alpha value is -3.15. The van der Waals surface area contributed by atoms with Gasteiger partial charge in [-0.1, -0.05) is 42.5 Å². The first-order valence-electron chi connectivity index (χ1n) is 7.54. The van der Waals surface area contributed by atoms with E-state index in [2.05, 4.69) is 10.3 Å². The van der Waals surface area contributed by atoms with Crippen molar-refractivity contribution in [3.05, 3.63) is 76.3 Å². The molecule has 0 spiro atoms. The summed E-state index contributed by atoms with van der Waals surface area (Å²) in [6, 6.07) is 16.5. The maximum Gasteiger partial charge on any atom is 0.407 e. The van der Waals surface area contributed by atoms with E-state index >= 15 is 0 Å². The summed E-state index contributed by atoms with van der Waals surface area (Å²) >= 11 is 0. The highest BCUT2D eigenvalue weighted by atomic mass is 16.5. The highest BCUT2D eigenvalue weighted by molar-refractivity contribution is 5.77. The van der Waals surface area contributed by atoms with Crippen LogP contribution >= 0.6 is 0 Å². The molecule has 0 radical (unpaired) electrons. The van der Waals surface area contributed by atoms with E-state index in [0.29, 0.717) is 16.7 Å². The number of hydrogen-bond acceptors (Lipinski definition) is 4. The van der Waals surface area contributed by atoms with Crippen LogP contribution in [0.2, 0.25) is 0 Å². The number of alkyl carbamates (subject to hydrolysis) is 1. The molecule has 24 heavy (non-hydrogen) atoms. The van der Waals surface area contributed by atoms with Gasteiger partial charge in [-0.25, -0.2) is 9.78 Å². The van der Waals surface area contributed by atoms with Gasteiger partial charge < -0.3 is 10.1 Å². The number of aromatic nitrogens is 2. The van der Waals surface area contributed by atoms with Gasteiger partial charge in [0.15, 0.2) is 0 Å². The number of rotatable bonds is 4. The average Bonchev–Trinajstić information content (AvgIpc) is 2.62. The largest absolute Gasteiger partial charge is 0.445 e. The lowest BCUT2D eigenvalue weighted by Crippen LogP contribution is -2.29. The Morgan fingerprint density at radius 1 is 1.12 bits per heavy atom. The van der Waals surface area contributed by atoms with Crippen molar-refractivity contribution in [2.24, 2.45) is 7.05 Å². The van der Waals surface area contributed by atoms with E-state index in [0.717, 1.165) is 5.56 Å². The number of nitrogens with zero attached hydrogens (tertiary/aromatic N) is 2. The van der Waals surface area contributed by atoms with E-state index in [4.69, 9.17) is 4.74 Å². The molecule has 1 amide bonds. The zero-order valence-corrected chi connectivity index (χ0v) is 13.2. The van der Waals surface area contributed by atoms with Crippen molar-refractivity contribution < 1.29 is 9.53 Å². The Morgan fingerprint density at radius 3 is 2.62 bits per heavy atom. The number of carbonyl (C=O) groups is 1. The highest BCUT2D eigenvalue weighted by Gasteiger charge is 2.09. The molecule has 0 saturated heterocycles. The number of nitrogens with one attached hydrogen (secondary N) is 1. The predicted octanol–water partition coefficient (Wildman–Crippen LogP) is 2.36. The van der Waals surface area contributed by atoms with Crippen LogP contribution in [0.15, 0.2) is 59.4 Å². The molecule has 0 fully saturated rings. The minimum Gasteiger partial charge on any atom is -0.445 e. The van der Waals surface area contributed by atoms with Gasteiger partial charge in [0.1, 0.15) is 12.4 Å². The molecule has 6 nitrogen and oxygen atoms in total. The van der Waals surface area contributed by atoms with Crippen molar-refractivity contribution in [3.63, 3.8) is 0 Å². The van der Waals surface area contributed by atoms with Crippen LogP contribution in [0.4, 0.5) is 4.79 Å². The molecule has 0 aliphatic rings. The van der Waals surface area contributed by atoms with Crippen LogP contribution in [0, 0.1) is 0 Å². The van der Waals surface area contributed by atoms with Gasteiger partial charge in [-0.2, -0.15) is 0 Å². The molecule has 0 saturated carbocycles. The summed E-state index contributed by atoms with van der Waals surface area (Å²) in [5, 5.41) is 3.17. The fourth-order valence-corrected chi connectivity index (χ4v) is 2.35. The summed E-state index contributed by atoms with van der Waals surface area (Å²) in [7, 11) is 1.63. The number of para-hydroxylation sites is 1. The van der Waals surface area contributed by atoms with Gasteiger partial charge in [-0.3, -0.25) is 9.36 Å². The summed E-state index contributed by atoms with van der Waals surface area (Å²) < 4.78 is 6.57. The fourth-order valence-electron chi connectivity index (χ4n) is 2.35. The van der Waals surface area contributed by atoms with Crippen LogP contribution in [-0.2, 0) is 24.9 Å². The Bertz CT molecular complexity index is 920. The normalized spacial score (nSPS) is 10.5. The lowest BCUT2D eigenvalue weighted by atomic mass is 10.2. The minimum absolute atomic E-state index is 0.115. The summed E-state index contributed by atoms with van der Waals surface area (Å²) in [6.45, 7) is 0.306. The number of fused-ring (bicyclic) bond motifs is 1. The van der Waals surface area contributed by atoms with Crippen LogP contribution in [0.3, 0.4) is 0 Å². The molecular formula is C18H17N3O3. The van der Waals surface area contributed by atoms with Gasteiger partial charge in [-0.05, 0) is 17.7 Å². The summed E-state index contributed by atoms with van der Waals surface area (Å²) in [6.07, 6.45) is -0.554. The molecule has 0 aliphatic carbocycles. The third-order valence-corrected chi connectivity index (χ3v) is 3.68. The van der Waals surface area contributed by atoms with Gasteiger partial charge in [0, 0.05) is 7.05 Å². The van der Waals surface area contributed by atoms with Gasteiger partial charge in [0.2, 0.25) is 0 Å². The third kappa shape index (κ3) is 3.43. The van der Waals surface area contributed by atoms with Crippen molar-refractivity contribution >= 4 is 17.0 Å². The molecule has 1 aromatic heterocycles. The first-order chi connectivity index (χ1) is 11.6. The molecule has 6 heteroatoms. The number of benzene rings is 2. The van der Waals surface area contributed by atoms with E-state index in [1.165, 1.54) is 4.57 Å². The monoisotopic (exact) mass is 323 g/mol. The summed E-state index contributed by atoms with van der Waals surface area (Å²) in [4.78, 5) is 28.5. The first kappa shape index (κ1) is 15.7. The number of amides is 1. The van der Waals surface area contributed by atoms with E-state index in [1.54, 1.807) is 25.2 Å². The Balaban J connectivity index is 1.66. The number of carbonyl (C=O) groups excluding carboxylic acids is 1. The van der Waals surface area contributed by atoms with Crippen molar-refractivity contribution in [2.75, 3.05) is 0 Å². The van der Waals surface area contributed by atoms with E-state index in [1.807, 2.05) is 36.4 Å². The third-order valence-electron chi connectivity index (χ3n) is 3.68. The Morgan fingerprint density at radius 2 is 1.83 bits per heavy atom. The molecule has 0 unspecified atom stereocenters. The maximum absolute atomic E-state index is 12.3. The molecule has 1 heterocycles. The second-order valence-electron chi connectivity index (χ2n) is 5.32. The van der Waals surface area contributed by atoms with Crippen LogP contribution < -0.4 is 10.9 Å². The quantitative estimate of drug-likeness (QED) is 0.800. The minimum atomic E-state index is -0.554. The molecule has 1 N–H and O–H groups in total. The standard InChI is InChI=1S/C18H17N3O3/c1-21-16(20-15-10-6-5-9-14(15)17(21)22)11-19-18(23)24-12-13-7-3-2-4-8-13/h2-10H,11-12H2,1H3,(H,19,23). The maximum atomic E-state index is 12.3. The first-order valence-corrected chi connectivity index (χ1v) is 7.54. The lowest BCUT2D eigenvalue weighted by Gasteiger charge is -2.10. The molecule has 2 aromatic carbocycles. The average molecular weight is 323 g/mol. The SMILES string of the molecule is Cn1c(CNC(=O)OCc2ccccc2)nc2ccccc2c1=O. The van der Waals surface area contributed by atoms with Gasteiger partial charge in [-0.15, -0.1) is 0 Å². The van der Waals surface area contributed by atoms with E-state index in [9.17, 15) is 9.59 Å². The van der Waals surface area contributed by atoms with Gasteiger partial charge in [0.05, 0.1) is 17.4 Å². The van der Waals surface area contributed by atoms with Gasteiger partial charge in [0.25, 0.3) is 5.56 Å². The summed E-state index contributed by atoms with van der Waals surface area (Å²) in [5.74, 6) is 0.468. The molecule has 3 rings (SSSR count). The highest BCUT2D eigenvalue weighted by Crippen LogP contribution is 2.07. The smallest absolute Gasteiger partial charge is 0.407 e. The van der Waals surface area contributed by atoms with Crippen molar-refractivity contribution in [2.45, 2.75) is 13.2 Å². The summed E-state index contributed by atoms with van der Waals surface area (Å²) in [5.41, 5.74) is 1.37. The second-order valence-corrected chi connectivity index (χ2v) is 5.32. The van der Waals surface area contributed by atoms with Crippen LogP contribution in [-0.4, -0.2) is 15.6 Å². The van der Waals surface area contributed by atoms with E-state index in [-0.39, 0.29) is 18.7 Å². The molecule has 0 aliphatic heterocycles. The fraction of sp³-hybridized carbons (Fsp3) is 0.167. The van der Waals surface area contributed by atoms with Gasteiger partial charge >= 0.3 is 6.09 Å². The number of ether oxygens (including phenoxy) is 1. The Labute approximate surface area is 138 Å². The molecule has 0 atom stereocenters. The topological polar surface area (TPSA) is 73.2 Å². The molecule has 3 aromatic rings. The van der Waals surface area contributed by atoms with Crippen molar-refractivity contribution in [1.29, 1.82) is 0 Å². The van der Waals surface area contributed by atoms with Crippen LogP contribution in [0.5, 0.6) is 0 Å². The molecule has 0 bridgehead atoms. The number of hydrogen-bond donors (Lipinski definition) is 1. The lowest BCUT2D eigenvalue weighted by molar-refractivity contribution is 0.138. The molecule has 122 valence electrons. The van der Waals surface area contributed by atoms with Crippen molar-refractivity contribution in [3.8, 4) is 0 Å².